The molecule has 0 aliphatic carbocycles. The Bertz CT molecular complexity index is 86.5. The highest BCUT2D eigenvalue weighted by atomic mass is 16.2. The minimum Gasteiger partial charge on any atom is -0.514 e. The maximum Gasteiger partial charge on any atom is 0.0982 e. The van der Waals surface area contributed by atoms with Crippen LogP contribution >= 0.6 is 0 Å². The number of hydrogen-bond acceptors (Lipinski definition) is 2. The van der Waals surface area contributed by atoms with Crippen molar-refractivity contribution in [2.45, 2.75) is 13.3 Å². The van der Waals surface area contributed by atoms with Gasteiger partial charge in [0, 0.05) is 19.8 Å². The van der Waals surface area contributed by atoms with E-state index in [-0.39, 0.29) is 0 Å². The molecule has 0 unspecified atom stereocenters. The lowest BCUT2D eigenvalue weighted by atomic mass is 10.3. The Kier molecular flexibility index (Phi) is 3.08. The zero-order valence-electron chi connectivity index (χ0n) is 5.68. The first-order valence-corrected chi connectivity index (χ1v) is 2.73. The third-order valence-corrected chi connectivity index (χ3v) is 1.09. The average molecular weight is 115 g/mol. The van der Waals surface area contributed by atoms with E-state index in [4.69, 9.17) is 5.11 Å². The number of hydrogen-bond donors (Lipinski definition) is 1. The van der Waals surface area contributed by atoms with E-state index in [1.807, 2.05) is 25.9 Å². The van der Waals surface area contributed by atoms with Crippen molar-refractivity contribution in [2.24, 2.45) is 0 Å². The van der Waals surface area contributed by atoms with E-state index in [2.05, 4.69) is 0 Å². The van der Waals surface area contributed by atoms with Crippen LogP contribution in [0.5, 0.6) is 0 Å². The van der Waals surface area contributed by atoms with Gasteiger partial charge in [-0.05, 0) is 6.42 Å². The molecule has 0 fully saturated rings. The molecule has 0 heterocycles. The van der Waals surface area contributed by atoms with Gasteiger partial charge in [-0.2, -0.15) is 0 Å². The van der Waals surface area contributed by atoms with Crippen molar-refractivity contribution >= 4 is 0 Å². The summed E-state index contributed by atoms with van der Waals surface area (Å²) in [5, 5.41) is 8.49. The van der Waals surface area contributed by atoms with Gasteiger partial charge in [0.1, 0.15) is 0 Å². The molecule has 1 N–H and O–H groups in total. The van der Waals surface area contributed by atoms with Crippen LogP contribution in [0.1, 0.15) is 13.3 Å². The summed E-state index contributed by atoms with van der Waals surface area (Å²) in [6, 6.07) is 0. The van der Waals surface area contributed by atoms with Crippen LogP contribution in [0.3, 0.4) is 0 Å². The Balaban J connectivity index is 3.72. The number of rotatable bonds is 2. The van der Waals surface area contributed by atoms with Crippen LogP contribution in [0.15, 0.2) is 12.0 Å². The van der Waals surface area contributed by atoms with Crippen LogP contribution in [0.4, 0.5) is 0 Å². The van der Waals surface area contributed by atoms with Crippen molar-refractivity contribution in [3.63, 3.8) is 0 Å². The Hall–Kier alpha value is -0.660. The van der Waals surface area contributed by atoms with Crippen molar-refractivity contribution in [1.29, 1.82) is 0 Å². The highest BCUT2D eigenvalue weighted by molar-refractivity contribution is 4.92. The van der Waals surface area contributed by atoms with Crippen molar-refractivity contribution in [3.05, 3.63) is 12.0 Å². The Labute approximate surface area is 50.4 Å². The Morgan fingerprint density at radius 3 is 2.12 bits per heavy atom. The minimum absolute atomic E-state index is 0.878. The second-order valence-electron chi connectivity index (χ2n) is 1.87. The molecule has 0 saturated carbocycles. The van der Waals surface area contributed by atoms with E-state index in [0.717, 1.165) is 18.4 Å². The summed E-state index contributed by atoms with van der Waals surface area (Å²) in [7, 11) is 3.82. The van der Waals surface area contributed by atoms with Crippen LogP contribution < -0.4 is 0 Å². The average Bonchev–Trinajstić information content (AvgIpc) is 1.69. The van der Waals surface area contributed by atoms with Crippen LogP contribution in [0.2, 0.25) is 0 Å². The van der Waals surface area contributed by atoms with Crippen LogP contribution in [0.25, 0.3) is 0 Å². The van der Waals surface area contributed by atoms with Crippen LogP contribution in [0, 0.1) is 0 Å². The fourth-order valence-electron chi connectivity index (χ4n) is 0.523. The summed E-state index contributed by atoms with van der Waals surface area (Å²) in [6.45, 7) is 2.00. The predicted molar refractivity (Wildman–Crippen MR) is 34.7 cm³/mol. The lowest BCUT2D eigenvalue weighted by Crippen LogP contribution is -2.09. The second-order valence-corrected chi connectivity index (χ2v) is 1.87. The van der Waals surface area contributed by atoms with Crippen molar-refractivity contribution in [2.75, 3.05) is 14.1 Å². The molecule has 0 spiro atoms. The summed E-state index contributed by atoms with van der Waals surface area (Å²) in [5.41, 5.74) is 0.949. The Morgan fingerprint density at radius 2 is 2.12 bits per heavy atom. The zero-order valence-corrected chi connectivity index (χ0v) is 5.68. The largest absolute Gasteiger partial charge is 0.514 e. The maximum atomic E-state index is 8.49. The molecule has 0 bridgehead atoms. The van der Waals surface area contributed by atoms with Gasteiger partial charge in [-0.3, -0.25) is 0 Å². The lowest BCUT2D eigenvalue weighted by Gasteiger charge is -2.12. The van der Waals surface area contributed by atoms with Gasteiger partial charge in [0.25, 0.3) is 0 Å². The smallest absolute Gasteiger partial charge is 0.0982 e. The predicted octanol–water partition coefficient (Wildman–Crippen LogP) is 1.36. The third kappa shape index (κ3) is 1.87. The van der Waals surface area contributed by atoms with E-state index >= 15 is 0 Å². The molecule has 0 aromatic heterocycles. The third-order valence-electron chi connectivity index (χ3n) is 1.09. The molecule has 0 amide bonds. The quantitative estimate of drug-likeness (QED) is 0.549. The highest BCUT2D eigenvalue weighted by Gasteiger charge is 1.92. The molecular formula is C6H13NO. The molecule has 0 aromatic rings. The molecule has 0 aliphatic heterocycles. The molecule has 2 heteroatoms. The second kappa shape index (κ2) is 3.36. The molecule has 8 heavy (non-hydrogen) atoms. The lowest BCUT2D eigenvalue weighted by molar-refractivity contribution is 0.412. The van der Waals surface area contributed by atoms with Crippen LogP contribution in [-0.4, -0.2) is 24.1 Å². The van der Waals surface area contributed by atoms with Gasteiger partial charge < -0.3 is 10.0 Å². The summed E-state index contributed by atoms with van der Waals surface area (Å²) >= 11 is 0. The monoisotopic (exact) mass is 115 g/mol. The number of allylic oxidation sites excluding steroid dienone is 1. The van der Waals surface area contributed by atoms with E-state index in [1.165, 1.54) is 0 Å². The fourth-order valence-corrected chi connectivity index (χ4v) is 0.523. The summed E-state index contributed by atoms with van der Waals surface area (Å²) in [5.74, 6) is 0. The van der Waals surface area contributed by atoms with Gasteiger partial charge in [0.15, 0.2) is 0 Å². The first-order chi connectivity index (χ1) is 3.72. The van der Waals surface area contributed by atoms with Gasteiger partial charge in [-0.15, -0.1) is 0 Å². The highest BCUT2D eigenvalue weighted by Crippen LogP contribution is 2.00. The summed E-state index contributed by atoms with van der Waals surface area (Å²) in [6.07, 6.45) is 2.02. The first-order valence-electron chi connectivity index (χ1n) is 2.73. The number of aliphatic hydroxyl groups excluding tert-OH is 1. The van der Waals surface area contributed by atoms with Gasteiger partial charge >= 0.3 is 0 Å². The molecule has 0 rings (SSSR count). The molecule has 0 saturated heterocycles. The fraction of sp³-hybridized carbons (Fsp3) is 0.667. The van der Waals surface area contributed by atoms with Crippen molar-refractivity contribution < 1.29 is 5.11 Å². The molecular weight excluding hydrogens is 102 g/mol. The zero-order chi connectivity index (χ0) is 6.57. The van der Waals surface area contributed by atoms with Gasteiger partial charge in [0.2, 0.25) is 0 Å². The SMILES string of the molecule is CCC(=CO)N(C)C. The van der Waals surface area contributed by atoms with Gasteiger partial charge in [-0.1, -0.05) is 6.92 Å². The molecule has 0 radical (unpaired) electrons. The molecule has 2 nitrogen and oxygen atoms in total. The maximum absolute atomic E-state index is 8.49. The first kappa shape index (κ1) is 7.34. The molecule has 0 aromatic carbocycles. The van der Waals surface area contributed by atoms with E-state index in [1.54, 1.807) is 0 Å². The van der Waals surface area contributed by atoms with Crippen molar-refractivity contribution in [1.82, 2.24) is 4.90 Å². The van der Waals surface area contributed by atoms with E-state index in [0.29, 0.717) is 0 Å². The van der Waals surface area contributed by atoms with Gasteiger partial charge in [-0.25, -0.2) is 0 Å². The minimum atomic E-state index is 0.878. The number of aliphatic hydroxyl groups is 1. The Morgan fingerprint density at radius 1 is 1.62 bits per heavy atom. The number of nitrogens with zero attached hydrogens (tertiary/aromatic N) is 1. The van der Waals surface area contributed by atoms with E-state index in [9.17, 15) is 0 Å². The normalized spacial score (nSPS) is 11.6. The molecule has 0 aliphatic rings. The molecule has 48 valence electrons. The van der Waals surface area contributed by atoms with Gasteiger partial charge in [0.05, 0.1) is 6.26 Å². The summed E-state index contributed by atoms with van der Waals surface area (Å²) < 4.78 is 0. The standard InChI is InChI=1S/C6H13NO/c1-4-6(5-8)7(2)3/h5,8H,4H2,1-3H3. The molecule has 0 atom stereocenters. The van der Waals surface area contributed by atoms with E-state index < -0.39 is 0 Å². The van der Waals surface area contributed by atoms with Crippen molar-refractivity contribution in [3.8, 4) is 0 Å². The van der Waals surface area contributed by atoms with Crippen LogP contribution in [-0.2, 0) is 0 Å². The topological polar surface area (TPSA) is 23.5 Å². The summed E-state index contributed by atoms with van der Waals surface area (Å²) in [4.78, 5) is 1.89.